The molecular weight excluding hydrogens is 271 g/mol. The molecule has 0 spiro atoms. The molecular formula is C10H21AsF4. The molecule has 0 aromatic heterocycles. The van der Waals surface area contributed by atoms with Crippen LogP contribution in [0, 0.1) is 0 Å². The van der Waals surface area contributed by atoms with Gasteiger partial charge in [-0.15, -0.1) is 0 Å². The standard InChI is InChI=1S/C10H21AsF4/c1-10(2,3)11(14,15)9(13)7-5-4-6-8-12/h9,11H,4-8H2,1-3H3. The van der Waals surface area contributed by atoms with Crippen LogP contribution in [0.25, 0.3) is 0 Å². The molecule has 0 bridgehead atoms. The summed E-state index contributed by atoms with van der Waals surface area (Å²) < 4.78 is 51.0. The van der Waals surface area contributed by atoms with Crippen LogP contribution >= 0.6 is 0 Å². The quantitative estimate of drug-likeness (QED) is 0.389. The van der Waals surface area contributed by atoms with Crippen LogP contribution < -0.4 is 0 Å². The van der Waals surface area contributed by atoms with Gasteiger partial charge in [-0.05, 0) is 0 Å². The molecule has 0 aliphatic heterocycles. The number of hydrogen-bond acceptors (Lipinski definition) is 0. The van der Waals surface area contributed by atoms with Crippen LogP contribution in [0.2, 0.25) is 4.20 Å². The Labute approximate surface area is 92.9 Å². The summed E-state index contributed by atoms with van der Waals surface area (Å²) in [5.74, 6) is 0. The van der Waals surface area contributed by atoms with Gasteiger partial charge in [0.15, 0.2) is 0 Å². The monoisotopic (exact) mass is 292 g/mol. The molecule has 1 unspecified atom stereocenters. The molecule has 0 rings (SSSR count). The predicted molar refractivity (Wildman–Crippen MR) is 58.4 cm³/mol. The van der Waals surface area contributed by atoms with Crippen molar-refractivity contribution in [2.45, 2.75) is 55.6 Å². The maximum atomic E-state index is 13.6. The molecule has 5 heteroatoms. The first kappa shape index (κ1) is 15.3. The second-order valence-electron chi connectivity index (χ2n) is 4.88. The van der Waals surface area contributed by atoms with Crippen LogP contribution in [-0.4, -0.2) is 26.1 Å². The summed E-state index contributed by atoms with van der Waals surface area (Å²) in [6.45, 7) is 3.76. The number of hydrogen-bond donors (Lipinski definition) is 0. The minimum absolute atomic E-state index is 0.107. The summed E-state index contributed by atoms with van der Waals surface area (Å²) in [7, 11) is 0. The molecule has 0 N–H and O–H groups in total. The van der Waals surface area contributed by atoms with Gasteiger partial charge >= 0.3 is 92.5 Å². The Bertz CT molecular complexity index is 177. The van der Waals surface area contributed by atoms with Crippen molar-refractivity contribution in [2.75, 3.05) is 6.67 Å². The van der Waals surface area contributed by atoms with Crippen LogP contribution in [-0.2, 0) is 0 Å². The average molecular weight is 292 g/mol. The molecule has 0 saturated heterocycles. The number of alkyl halides is 2. The predicted octanol–water partition coefficient (Wildman–Crippen LogP) is 4.31. The molecule has 0 radical (unpaired) electrons. The van der Waals surface area contributed by atoms with Gasteiger partial charge in [0.05, 0.1) is 0 Å². The summed E-state index contributed by atoms with van der Waals surface area (Å²) in [6, 6.07) is 0. The van der Waals surface area contributed by atoms with Gasteiger partial charge in [0, 0.05) is 0 Å². The zero-order valence-electron chi connectivity index (χ0n) is 9.62. The molecule has 15 heavy (non-hydrogen) atoms. The third-order valence-electron chi connectivity index (χ3n) is 2.48. The molecule has 0 heterocycles. The first-order valence-electron chi connectivity index (χ1n) is 5.31. The van der Waals surface area contributed by atoms with E-state index in [1.807, 2.05) is 0 Å². The van der Waals surface area contributed by atoms with Gasteiger partial charge in [-0.1, -0.05) is 0 Å². The van der Waals surface area contributed by atoms with E-state index in [9.17, 15) is 15.7 Å². The molecule has 0 saturated carbocycles. The normalized spacial score (nSPS) is 16.5. The molecule has 0 aromatic rings. The van der Waals surface area contributed by atoms with Gasteiger partial charge in [-0.25, -0.2) is 0 Å². The van der Waals surface area contributed by atoms with Crippen molar-refractivity contribution >= 4 is 14.5 Å². The van der Waals surface area contributed by atoms with Gasteiger partial charge in [0.25, 0.3) is 0 Å². The third kappa shape index (κ3) is 4.75. The van der Waals surface area contributed by atoms with Crippen molar-refractivity contribution in [1.29, 1.82) is 0 Å². The Morgan fingerprint density at radius 2 is 1.60 bits per heavy atom. The molecule has 0 aromatic carbocycles. The maximum absolute atomic E-state index is 13.6. The summed E-state index contributed by atoms with van der Waals surface area (Å²) >= 11 is -5.36. The molecule has 0 aliphatic carbocycles. The summed E-state index contributed by atoms with van der Waals surface area (Å²) in [4.78, 5) is -1.94. The molecule has 0 nitrogen and oxygen atoms in total. The van der Waals surface area contributed by atoms with Crippen LogP contribution in [0.5, 0.6) is 0 Å². The summed E-state index contributed by atoms with van der Waals surface area (Å²) in [5.41, 5.74) is 0. The Kier molecular flexibility index (Phi) is 6.24. The van der Waals surface area contributed by atoms with E-state index in [4.69, 9.17) is 0 Å². The fourth-order valence-corrected chi connectivity index (χ4v) is 4.41. The van der Waals surface area contributed by atoms with Crippen molar-refractivity contribution < 1.29 is 15.7 Å². The van der Waals surface area contributed by atoms with Crippen molar-refractivity contribution in [3.05, 3.63) is 0 Å². The van der Waals surface area contributed by atoms with E-state index < -0.39 is 30.3 Å². The van der Waals surface area contributed by atoms with Crippen LogP contribution in [0.15, 0.2) is 0 Å². The molecule has 0 aliphatic rings. The molecule has 0 amide bonds. The van der Waals surface area contributed by atoms with E-state index in [1.54, 1.807) is 0 Å². The SMILES string of the molecule is CC(C)(C)[AsH](F)(F)C(F)CCCCCF. The molecule has 1 atom stereocenters. The number of halogens is 4. The first-order valence-corrected chi connectivity index (χ1v) is 9.16. The molecule has 0 fully saturated rings. The van der Waals surface area contributed by atoms with Crippen molar-refractivity contribution in [3.63, 3.8) is 0 Å². The minimum atomic E-state index is -5.36. The summed E-state index contributed by atoms with van der Waals surface area (Å²) in [5, 5.41) is 0. The Morgan fingerprint density at radius 1 is 1.07 bits per heavy atom. The Morgan fingerprint density at radius 3 is 2.00 bits per heavy atom. The van der Waals surface area contributed by atoms with Crippen LogP contribution in [0.3, 0.4) is 0 Å². The van der Waals surface area contributed by atoms with E-state index >= 15 is 0 Å². The zero-order chi connectivity index (χ0) is 12.1. The van der Waals surface area contributed by atoms with Gasteiger partial charge in [-0.3, -0.25) is 0 Å². The zero-order valence-corrected chi connectivity index (χ0v) is 11.7. The Hall–Kier alpha value is 0.278. The van der Waals surface area contributed by atoms with Gasteiger partial charge in [0.2, 0.25) is 0 Å². The fraction of sp³-hybridized carbons (Fsp3) is 1.00. The number of rotatable bonds is 6. The van der Waals surface area contributed by atoms with Crippen molar-refractivity contribution in [1.82, 2.24) is 0 Å². The van der Waals surface area contributed by atoms with E-state index in [1.165, 1.54) is 20.8 Å². The number of unbranched alkanes of at least 4 members (excludes halogenated alkanes) is 2. The van der Waals surface area contributed by atoms with Gasteiger partial charge in [0.1, 0.15) is 0 Å². The summed E-state index contributed by atoms with van der Waals surface area (Å²) in [6.07, 6.45) is 1.10. The van der Waals surface area contributed by atoms with Gasteiger partial charge < -0.3 is 0 Å². The van der Waals surface area contributed by atoms with Gasteiger partial charge in [-0.2, -0.15) is 0 Å². The average Bonchev–Trinajstić information content (AvgIpc) is 2.10. The fourth-order valence-electron chi connectivity index (χ4n) is 1.25. The van der Waals surface area contributed by atoms with E-state index in [0.717, 1.165) is 0 Å². The second kappa shape index (κ2) is 6.12. The van der Waals surface area contributed by atoms with E-state index in [2.05, 4.69) is 0 Å². The Balaban J connectivity index is 4.03. The van der Waals surface area contributed by atoms with Crippen LogP contribution in [0.4, 0.5) is 15.7 Å². The van der Waals surface area contributed by atoms with E-state index in [0.29, 0.717) is 19.3 Å². The second-order valence-corrected chi connectivity index (χ2v) is 12.0. The van der Waals surface area contributed by atoms with E-state index in [-0.39, 0.29) is 6.42 Å². The molecule has 94 valence electrons. The van der Waals surface area contributed by atoms with Crippen molar-refractivity contribution in [3.8, 4) is 0 Å². The van der Waals surface area contributed by atoms with Crippen molar-refractivity contribution in [2.24, 2.45) is 0 Å². The van der Waals surface area contributed by atoms with Crippen LogP contribution in [0.1, 0.15) is 46.5 Å². The first-order chi connectivity index (χ1) is 6.73. The topological polar surface area (TPSA) is 0 Å². The third-order valence-corrected chi connectivity index (χ3v) is 8.94.